The van der Waals surface area contributed by atoms with Crippen molar-refractivity contribution in [3.8, 4) is 0 Å². The van der Waals surface area contributed by atoms with Gasteiger partial charge in [-0.1, -0.05) is 20.8 Å². The van der Waals surface area contributed by atoms with Gasteiger partial charge in [0.1, 0.15) is 28.6 Å². The summed E-state index contributed by atoms with van der Waals surface area (Å²) in [5, 5.41) is 83.0. The predicted molar refractivity (Wildman–Crippen MR) is 120 cm³/mol. The summed E-state index contributed by atoms with van der Waals surface area (Å²) in [5.41, 5.74) is -12.7. The first-order valence-corrected chi connectivity index (χ1v) is 12.5. The minimum Gasteiger partial charge on any atom is -0.454 e. The number of hydrogen-bond acceptors (Lipinski definition) is 10. The predicted octanol–water partition coefficient (Wildman–Crippen LogP) is -1.36. The molecule has 36 heavy (non-hydrogen) atoms. The maximum atomic E-state index is 13.2. The lowest BCUT2D eigenvalue weighted by atomic mass is 9.54. The zero-order chi connectivity index (χ0) is 26.5. The van der Waals surface area contributed by atoms with Crippen LogP contribution >= 0.6 is 0 Å². The van der Waals surface area contributed by atoms with E-state index in [-0.39, 0.29) is 12.1 Å². The zero-order valence-corrected chi connectivity index (χ0v) is 20.7. The van der Waals surface area contributed by atoms with E-state index >= 15 is 0 Å². The Hall–Kier alpha value is -1.57. The summed E-state index contributed by atoms with van der Waals surface area (Å²) in [7, 11) is 0. The second-order valence-corrected chi connectivity index (χ2v) is 12.3. The molecule has 6 bridgehead atoms. The normalized spacial score (nSPS) is 58.5. The van der Waals surface area contributed by atoms with Crippen LogP contribution in [0.1, 0.15) is 51.0 Å². The fraction of sp³-hybridized carbons (Fsp3) is 0.800. The minimum atomic E-state index is -2.36. The maximum absolute atomic E-state index is 13.2. The van der Waals surface area contributed by atoms with Gasteiger partial charge in [0.2, 0.25) is 0 Å². The highest BCUT2D eigenvalue weighted by Gasteiger charge is 3.06. The summed E-state index contributed by atoms with van der Waals surface area (Å²) < 4.78 is 12.1. The molecule has 4 saturated carbocycles. The third-order valence-electron chi connectivity index (χ3n) is 11.3. The lowest BCUT2D eigenvalue weighted by molar-refractivity contribution is -0.396. The van der Waals surface area contributed by atoms with E-state index < -0.39 is 94.1 Å². The summed E-state index contributed by atoms with van der Waals surface area (Å²) >= 11 is 0. The monoisotopic (exact) mass is 509 g/mol. The highest BCUT2D eigenvalue weighted by molar-refractivity contribution is 5.87. The molecule has 0 aromatic carbocycles. The Morgan fingerprint density at radius 2 is 1.92 bits per heavy atom. The first-order valence-electron chi connectivity index (χ1n) is 12.5. The second kappa shape index (κ2) is 6.52. The van der Waals surface area contributed by atoms with Crippen LogP contribution in [0, 0.1) is 28.6 Å². The molecule has 6 fully saturated rings. The first kappa shape index (κ1) is 24.7. The number of aliphatic hydroxyl groups excluding tert-OH is 3. The highest BCUT2D eigenvalue weighted by Crippen LogP contribution is 2.89. The molecule has 1 spiro atoms. The molecule has 11 nitrogen and oxygen atoms in total. The molecule has 2 saturated heterocycles. The van der Waals surface area contributed by atoms with E-state index in [0.717, 1.165) is 0 Å². The number of nitrogens with one attached hydrogen (secondary N) is 1. The molecule has 12 atom stereocenters. The molecule has 8 N–H and O–H groups in total. The van der Waals surface area contributed by atoms with Crippen LogP contribution < -0.4 is 0 Å². The van der Waals surface area contributed by atoms with E-state index in [0.29, 0.717) is 0 Å². The second-order valence-electron chi connectivity index (χ2n) is 12.3. The molecule has 1 aromatic rings. The minimum absolute atomic E-state index is 0.0867. The summed E-state index contributed by atoms with van der Waals surface area (Å²) in [4.78, 5) is 15.9. The van der Waals surface area contributed by atoms with Crippen molar-refractivity contribution in [3.05, 3.63) is 24.0 Å². The number of hydrogen-bond donors (Lipinski definition) is 8. The SMILES string of the molecule is CC(C)[C@@]1(O)[C@@H](OC(=O)c2ccc[nH]2)[C@H]2[C@@]3(CO)C[C@@]4(O)O[C@@]5([C@H](O)[C@H](C)[C@H](O)C[C@]35O)[C@@]2(O)[C@@]41C. The van der Waals surface area contributed by atoms with Crippen molar-refractivity contribution in [2.45, 2.75) is 87.0 Å². The molecule has 3 heterocycles. The van der Waals surface area contributed by atoms with Crippen LogP contribution in [0.3, 0.4) is 0 Å². The van der Waals surface area contributed by atoms with Gasteiger partial charge in [-0.15, -0.1) is 0 Å². The van der Waals surface area contributed by atoms with Crippen molar-refractivity contribution in [3.63, 3.8) is 0 Å². The number of aromatic amines is 1. The molecule has 1 aromatic heterocycles. The smallest absolute Gasteiger partial charge is 0.355 e. The summed E-state index contributed by atoms with van der Waals surface area (Å²) in [5.74, 6) is -6.11. The van der Waals surface area contributed by atoms with Gasteiger partial charge in [-0.3, -0.25) is 0 Å². The number of aliphatic hydroxyl groups is 7. The lowest BCUT2D eigenvalue weighted by Crippen LogP contribution is -2.77. The van der Waals surface area contributed by atoms with Gasteiger partial charge < -0.3 is 50.2 Å². The van der Waals surface area contributed by atoms with Crippen molar-refractivity contribution in [2.24, 2.45) is 28.6 Å². The molecule has 6 aliphatic rings. The molecule has 0 radical (unpaired) electrons. The Bertz CT molecular complexity index is 1130. The Kier molecular flexibility index (Phi) is 4.48. The van der Waals surface area contributed by atoms with E-state index in [1.54, 1.807) is 19.9 Å². The number of rotatable bonds is 4. The number of carbonyl (C=O) groups excluding carboxylic acids is 1. The number of carbonyl (C=O) groups is 1. The van der Waals surface area contributed by atoms with Crippen LogP contribution in [0.4, 0.5) is 0 Å². The standard InChI is InChI=1S/C25H35NO10/c1-11(2)23(33)17(35-18(30)13-6-5-7-26-13)15-20(10-27)9-22(32)19(23,4)24(15,34)25(36-22)16(29)12(3)14(28)8-21(20,25)31/h5-7,11-12,14-17,26-29,31-34H,8-10H2,1-4H3/t12-,14-,15+,16-,17+,19+,20+,21+,22-,23-,24+,25-/m1/s1. The molecule has 0 amide bonds. The van der Waals surface area contributed by atoms with Gasteiger partial charge in [-0.25, -0.2) is 4.79 Å². The summed E-state index contributed by atoms with van der Waals surface area (Å²) in [6.07, 6.45) is -3.68. The third kappa shape index (κ3) is 1.91. The number of ether oxygens (including phenoxy) is 2. The Balaban J connectivity index is 1.67. The third-order valence-corrected chi connectivity index (χ3v) is 11.3. The van der Waals surface area contributed by atoms with Crippen LogP contribution in [0.15, 0.2) is 18.3 Å². The molecule has 4 aliphatic carbocycles. The van der Waals surface area contributed by atoms with Crippen LogP contribution in [0.25, 0.3) is 0 Å². The van der Waals surface area contributed by atoms with Crippen molar-refractivity contribution in [2.75, 3.05) is 6.61 Å². The molecule has 11 heteroatoms. The number of aromatic nitrogens is 1. The highest BCUT2D eigenvalue weighted by atomic mass is 16.7. The van der Waals surface area contributed by atoms with Crippen LogP contribution in [0.5, 0.6) is 0 Å². The topological polar surface area (TPSA) is 193 Å². The molecule has 0 unspecified atom stereocenters. The van der Waals surface area contributed by atoms with Crippen LogP contribution in [-0.2, 0) is 9.47 Å². The Morgan fingerprint density at radius 1 is 1.25 bits per heavy atom. The average molecular weight is 510 g/mol. The maximum Gasteiger partial charge on any atom is 0.355 e. The quantitative estimate of drug-likeness (QED) is 0.225. The van der Waals surface area contributed by atoms with Gasteiger partial charge in [-0.05, 0) is 25.0 Å². The number of H-pyrrole nitrogens is 1. The fourth-order valence-corrected chi connectivity index (χ4v) is 9.59. The summed E-state index contributed by atoms with van der Waals surface area (Å²) in [6, 6.07) is 3.07. The molecular weight excluding hydrogens is 474 g/mol. The largest absolute Gasteiger partial charge is 0.454 e. The van der Waals surface area contributed by atoms with Gasteiger partial charge >= 0.3 is 5.97 Å². The van der Waals surface area contributed by atoms with E-state index in [1.807, 2.05) is 0 Å². The molecule has 200 valence electrons. The van der Waals surface area contributed by atoms with E-state index in [4.69, 9.17) is 9.47 Å². The van der Waals surface area contributed by atoms with E-state index in [2.05, 4.69) is 4.98 Å². The van der Waals surface area contributed by atoms with Gasteiger partial charge in [-0.2, -0.15) is 0 Å². The average Bonchev–Trinajstić information content (AvgIpc) is 3.44. The zero-order valence-electron chi connectivity index (χ0n) is 20.7. The lowest BCUT2D eigenvalue weighted by Gasteiger charge is -2.61. The van der Waals surface area contributed by atoms with E-state index in [1.165, 1.54) is 26.1 Å². The summed E-state index contributed by atoms with van der Waals surface area (Å²) in [6.45, 7) is 5.47. The fourth-order valence-electron chi connectivity index (χ4n) is 9.59. The van der Waals surface area contributed by atoms with Crippen molar-refractivity contribution in [1.29, 1.82) is 0 Å². The van der Waals surface area contributed by atoms with Gasteiger partial charge in [0.25, 0.3) is 0 Å². The molecule has 7 rings (SSSR count). The van der Waals surface area contributed by atoms with Crippen molar-refractivity contribution < 1.29 is 50.0 Å². The van der Waals surface area contributed by atoms with E-state index in [9.17, 15) is 40.5 Å². The Labute approximate surface area is 207 Å². The van der Waals surface area contributed by atoms with Crippen molar-refractivity contribution in [1.82, 2.24) is 4.98 Å². The molecule has 2 aliphatic heterocycles. The van der Waals surface area contributed by atoms with Gasteiger partial charge in [0, 0.05) is 36.3 Å². The first-order chi connectivity index (χ1) is 16.6. The van der Waals surface area contributed by atoms with Crippen LogP contribution in [-0.4, -0.2) is 99.8 Å². The van der Waals surface area contributed by atoms with Crippen LogP contribution in [0.2, 0.25) is 0 Å². The van der Waals surface area contributed by atoms with Gasteiger partial charge in [0.05, 0.1) is 24.2 Å². The van der Waals surface area contributed by atoms with Crippen molar-refractivity contribution >= 4 is 5.97 Å². The Morgan fingerprint density at radius 3 is 2.47 bits per heavy atom. The van der Waals surface area contributed by atoms with Gasteiger partial charge in [0.15, 0.2) is 11.4 Å². The molecular formula is C25H35NO10. The number of esters is 1.